The van der Waals surface area contributed by atoms with Gasteiger partial charge in [0.15, 0.2) is 0 Å². The van der Waals surface area contributed by atoms with Crippen LogP contribution in [0.1, 0.15) is 25.0 Å². The standard InChI is InChI=1S/C19H24FN3O3.2ClH/c20-15-4-2-14(3-5-15)19-22-16(13-26-19)12-18(24)23-9-6-17(7-10-23)25-11-1-8-21;;/h2-5,13,17H,1,6-12,21H2;2*1H. The van der Waals surface area contributed by atoms with Crippen LogP contribution >= 0.6 is 24.8 Å². The Morgan fingerprint density at radius 1 is 1.25 bits per heavy atom. The van der Waals surface area contributed by atoms with Crippen LogP contribution in [-0.2, 0) is 16.0 Å². The Labute approximate surface area is 176 Å². The summed E-state index contributed by atoms with van der Waals surface area (Å²) in [5.41, 5.74) is 6.72. The maximum absolute atomic E-state index is 13.0. The van der Waals surface area contributed by atoms with Crippen molar-refractivity contribution in [3.63, 3.8) is 0 Å². The second-order valence-electron chi connectivity index (χ2n) is 6.42. The van der Waals surface area contributed by atoms with Gasteiger partial charge in [0, 0.05) is 25.3 Å². The zero-order valence-electron chi connectivity index (χ0n) is 15.5. The number of amides is 1. The normalized spacial score (nSPS) is 14.3. The number of nitrogens with zero attached hydrogens (tertiary/aromatic N) is 2. The molecule has 0 saturated carbocycles. The minimum Gasteiger partial charge on any atom is -0.444 e. The van der Waals surface area contributed by atoms with Gasteiger partial charge in [-0.25, -0.2) is 9.37 Å². The van der Waals surface area contributed by atoms with Crippen LogP contribution in [0.25, 0.3) is 11.5 Å². The van der Waals surface area contributed by atoms with Gasteiger partial charge in [-0.2, -0.15) is 0 Å². The maximum Gasteiger partial charge on any atom is 0.228 e. The Balaban J connectivity index is 0.00000196. The molecular weight excluding hydrogens is 408 g/mol. The molecule has 28 heavy (non-hydrogen) atoms. The van der Waals surface area contributed by atoms with Crippen LogP contribution in [0.5, 0.6) is 0 Å². The number of ether oxygens (including phenoxy) is 1. The van der Waals surface area contributed by atoms with Gasteiger partial charge in [0.2, 0.25) is 11.8 Å². The van der Waals surface area contributed by atoms with Crippen molar-refractivity contribution in [3.8, 4) is 11.5 Å². The van der Waals surface area contributed by atoms with Crippen molar-refractivity contribution >= 4 is 30.7 Å². The number of hydrogen-bond donors (Lipinski definition) is 1. The van der Waals surface area contributed by atoms with Gasteiger partial charge in [0.05, 0.1) is 18.2 Å². The van der Waals surface area contributed by atoms with Crippen LogP contribution in [0, 0.1) is 5.82 Å². The van der Waals surface area contributed by atoms with E-state index in [1.165, 1.54) is 18.4 Å². The van der Waals surface area contributed by atoms with Gasteiger partial charge in [0.25, 0.3) is 0 Å². The summed E-state index contributed by atoms with van der Waals surface area (Å²) in [5.74, 6) is 0.107. The lowest BCUT2D eigenvalue weighted by Crippen LogP contribution is -2.41. The van der Waals surface area contributed by atoms with Crippen molar-refractivity contribution in [2.75, 3.05) is 26.2 Å². The highest BCUT2D eigenvalue weighted by Crippen LogP contribution is 2.20. The van der Waals surface area contributed by atoms with Crippen molar-refractivity contribution in [1.82, 2.24) is 9.88 Å². The SMILES string of the molecule is Cl.Cl.NCCCOC1CCN(C(=O)Cc2coc(-c3ccc(F)cc3)n2)CC1. The highest BCUT2D eigenvalue weighted by atomic mass is 35.5. The molecule has 3 rings (SSSR count). The second-order valence-corrected chi connectivity index (χ2v) is 6.42. The van der Waals surface area contributed by atoms with Crippen molar-refractivity contribution in [2.45, 2.75) is 31.8 Å². The summed E-state index contributed by atoms with van der Waals surface area (Å²) in [7, 11) is 0. The minimum absolute atomic E-state index is 0. The van der Waals surface area contributed by atoms with E-state index in [1.54, 1.807) is 12.1 Å². The van der Waals surface area contributed by atoms with Crippen LogP contribution in [0.15, 0.2) is 34.9 Å². The number of nitrogens with two attached hydrogens (primary N) is 1. The largest absolute Gasteiger partial charge is 0.444 e. The van der Waals surface area contributed by atoms with E-state index in [-0.39, 0.29) is 49.1 Å². The number of halogens is 3. The lowest BCUT2D eigenvalue weighted by Gasteiger charge is -2.31. The third-order valence-corrected chi connectivity index (χ3v) is 4.47. The summed E-state index contributed by atoms with van der Waals surface area (Å²) < 4.78 is 24.2. The number of oxazole rings is 1. The number of carbonyl (C=O) groups is 1. The number of benzene rings is 1. The number of rotatable bonds is 7. The lowest BCUT2D eigenvalue weighted by atomic mass is 10.1. The predicted octanol–water partition coefficient (Wildman–Crippen LogP) is 3.22. The molecule has 1 aliphatic heterocycles. The van der Waals surface area contributed by atoms with Gasteiger partial charge in [-0.05, 0) is 50.1 Å². The molecule has 1 aromatic carbocycles. The molecule has 156 valence electrons. The fourth-order valence-electron chi connectivity index (χ4n) is 2.99. The molecular formula is C19H26Cl2FN3O3. The summed E-state index contributed by atoms with van der Waals surface area (Å²) in [6.45, 7) is 2.69. The predicted molar refractivity (Wildman–Crippen MR) is 109 cm³/mol. The highest BCUT2D eigenvalue weighted by Gasteiger charge is 2.24. The van der Waals surface area contributed by atoms with Crippen LogP contribution in [0.2, 0.25) is 0 Å². The first-order valence-corrected chi connectivity index (χ1v) is 8.95. The number of piperidine rings is 1. The molecule has 2 aromatic rings. The van der Waals surface area contributed by atoms with E-state index in [2.05, 4.69) is 4.98 Å². The zero-order valence-corrected chi connectivity index (χ0v) is 17.1. The molecule has 0 radical (unpaired) electrons. The van der Waals surface area contributed by atoms with Gasteiger partial charge in [-0.15, -0.1) is 24.8 Å². The molecule has 1 aliphatic rings. The number of carbonyl (C=O) groups excluding carboxylic acids is 1. The van der Waals surface area contributed by atoms with Gasteiger partial charge >= 0.3 is 0 Å². The van der Waals surface area contributed by atoms with Crippen LogP contribution < -0.4 is 5.73 Å². The molecule has 1 aromatic heterocycles. The number of likely N-dealkylation sites (tertiary alicyclic amines) is 1. The van der Waals surface area contributed by atoms with Crippen LogP contribution in [0.4, 0.5) is 4.39 Å². The lowest BCUT2D eigenvalue weighted by molar-refractivity contribution is -0.133. The minimum atomic E-state index is -0.314. The average Bonchev–Trinajstić information content (AvgIpc) is 3.11. The maximum atomic E-state index is 13.0. The quantitative estimate of drug-likeness (QED) is 0.677. The molecule has 9 heteroatoms. The van der Waals surface area contributed by atoms with Gasteiger partial charge in [-0.3, -0.25) is 4.79 Å². The Morgan fingerprint density at radius 2 is 1.93 bits per heavy atom. The van der Waals surface area contributed by atoms with Gasteiger partial charge < -0.3 is 19.8 Å². The Morgan fingerprint density at radius 3 is 2.57 bits per heavy atom. The van der Waals surface area contributed by atoms with E-state index >= 15 is 0 Å². The Bertz CT molecular complexity index is 719. The molecule has 0 spiro atoms. The number of aromatic nitrogens is 1. The van der Waals surface area contributed by atoms with E-state index in [9.17, 15) is 9.18 Å². The molecule has 0 unspecified atom stereocenters. The summed E-state index contributed by atoms with van der Waals surface area (Å²) in [5, 5.41) is 0. The zero-order chi connectivity index (χ0) is 18.4. The first-order valence-electron chi connectivity index (χ1n) is 8.95. The summed E-state index contributed by atoms with van der Waals surface area (Å²) in [6, 6.07) is 5.90. The van der Waals surface area contributed by atoms with E-state index in [0.717, 1.165) is 19.3 Å². The van der Waals surface area contributed by atoms with E-state index in [0.29, 0.717) is 43.4 Å². The molecule has 2 N–H and O–H groups in total. The van der Waals surface area contributed by atoms with Crippen molar-refractivity contribution < 1.29 is 18.3 Å². The first-order chi connectivity index (χ1) is 12.7. The number of hydrogen-bond acceptors (Lipinski definition) is 5. The topological polar surface area (TPSA) is 81.6 Å². The van der Waals surface area contributed by atoms with Crippen molar-refractivity contribution in [2.24, 2.45) is 5.73 Å². The summed E-state index contributed by atoms with van der Waals surface area (Å²) in [4.78, 5) is 18.6. The highest BCUT2D eigenvalue weighted by molar-refractivity contribution is 5.85. The molecule has 6 nitrogen and oxygen atoms in total. The third kappa shape index (κ3) is 6.74. The fraction of sp³-hybridized carbons (Fsp3) is 0.474. The molecule has 0 atom stereocenters. The van der Waals surface area contributed by atoms with E-state index in [1.807, 2.05) is 4.90 Å². The first kappa shape index (κ1) is 24.4. The molecule has 2 heterocycles. The molecule has 1 fully saturated rings. The van der Waals surface area contributed by atoms with E-state index < -0.39 is 0 Å². The fourth-order valence-corrected chi connectivity index (χ4v) is 2.99. The Kier molecular flexibility index (Phi) is 10.5. The van der Waals surface area contributed by atoms with Crippen LogP contribution in [-0.4, -0.2) is 48.1 Å². The van der Waals surface area contributed by atoms with E-state index in [4.69, 9.17) is 14.9 Å². The molecule has 1 saturated heterocycles. The smallest absolute Gasteiger partial charge is 0.228 e. The van der Waals surface area contributed by atoms with Gasteiger partial charge in [0.1, 0.15) is 12.1 Å². The molecule has 0 bridgehead atoms. The average molecular weight is 434 g/mol. The molecule has 1 amide bonds. The summed E-state index contributed by atoms with van der Waals surface area (Å²) >= 11 is 0. The summed E-state index contributed by atoms with van der Waals surface area (Å²) in [6.07, 6.45) is 4.44. The van der Waals surface area contributed by atoms with Gasteiger partial charge in [-0.1, -0.05) is 0 Å². The van der Waals surface area contributed by atoms with Crippen molar-refractivity contribution in [3.05, 3.63) is 42.0 Å². The van der Waals surface area contributed by atoms with Crippen molar-refractivity contribution in [1.29, 1.82) is 0 Å². The second kappa shape index (κ2) is 12.0. The van der Waals surface area contributed by atoms with Crippen LogP contribution in [0.3, 0.4) is 0 Å². The third-order valence-electron chi connectivity index (χ3n) is 4.47. The monoisotopic (exact) mass is 433 g/mol. The molecule has 0 aliphatic carbocycles. The Hall–Kier alpha value is -1.67.